The van der Waals surface area contributed by atoms with Gasteiger partial charge in [-0.15, -0.1) is 22.7 Å². The van der Waals surface area contributed by atoms with Crippen molar-refractivity contribution in [2.24, 2.45) is 0 Å². The Morgan fingerprint density at radius 3 is 1.75 bits per heavy atom. The smallest absolute Gasteiger partial charge is 0.159 e. The molecule has 4 heteroatoms. The molecule has 2 nitrogen and oxygen atoms in total. The van der Waals surface area contributed by atoms with E-state index in [1.807, 2.05) is 22.7 Å². The number of thiophene rings is 2. The minimum absolute atomic E-state index is 0.872. The quantitative estimate of drug-likeness (QED) is 0.178. The number of nitrogens with zero attached hydrogens (tertiary/aromatic N) is 1. The van der Waals surface area contributed by atoms with Crippen LogP contribution in [0.25, 0.3) is 84.5 Å². The van der Waals surface area contributed by atoms with Crippen molar-refractivity contribution < 1.29 is 4.42 Å². The fraction of sp³-hybridized carbons (Fsp3) is 0. The van der Waals surface area contributed by atoms with E-state index >= 15 is 0 Å². The highest BCUT2D eigenvalue weighted by Crippen LogP contribution is 2.46. The second-order valence-corrected chi connectivity index (χ2v) is 15.4. The first-order chi connectivity index (χ1) is 25.8. The Morgan fingerprint density at radius 1 is 0.365 bits per heavy atom. The summed E-state index contributed by atoms with van der Waals surface area (Å²) in [6.07, 6.45) is 0. The maximum Gasteiger partial charge on any atom is 0.159 e. The molecule has 0 aliphatic rings. The monoisotopic (exact) mass is 699 g/mol. The molecule has 11 aromatic rings. The van der Waals surface area contributed by atoms with Gasteiger partial charge >= 0.3 is 0 Å². The maximum absolute atomic E-state index is 6.96. The molecule has 244 valence electrons. The van der Waals surface area contributed by atoms with Crippen LogP contribution in [0.15, 0.2) is 180 Å². The minimum Gasteiger partial charge on any atom is -0.453 e. The van der Waals surface area contributed by atoms with Crippen molar-refractivity contribution in [3.63, 3.8) is 0 Å². The van der Waals surface area contributed by atoms with Crippen LogP contribution in [0.3, 0.4) is 0 Å². The zero-order chi connectivity index (χ0) is 34.2. The molecule has 0 saturated heterocycles. The number of benzene rings is 8. The highest BCUT2D eigenvalue weighted by Gasteiger charge is 2.22. The average molecular weight is 700 g/mol. The Hall–Kier alpha value is -6.20. The van der Waals surface area contributed by atoms with Gasteiger partial charge in [0.15, 0.2) is 5.58 Å². The Labute approximate surface area is 308 Å². The van der Waals surface area contributed by atoms with Crippen LogP contribution < -0.4 is 4.90 Å². The second kappa shape index (κ2) is 11.7. The summed E-state index contributed by atoms with van der Waals surface area (Å²) < 4.78 is 12.2. The van der Waals surface area contributed by atoms with Crippen LogP contribution in [0, 0.1) is 0 Å². The summed E-state index contributed by atoms with van der Waals surface area (Å²) in [4.78, 5) is 2.36. The van der Waals surface area contributed by atoms with Crippen molar-refractivity contribution in [1.82, 2.24) is 0 Å². The van der Waals surface area contributed by atoms with Crippen molar-refractivity contribution in [3.05, 3.63) is 176 Å². The molecule has 8 aromatic carbocycles. The second-order valence-electron chi connectivity index (χ2n) is 13.2. The molecule has 0 saturated carbocycles. The van der Waals surface area contributed by atoms with Gasteiger partial charge in [-0.1, -0.05) is 133 Å². The van der Waals surface area contributed by atoms with Crippen molar-refractivity contribution in [1.29, 1.82) is 0 Å². The van der Waals surface area contributed by atoms with Crippen LogP contribution in [0.5, 0.6) is 0 Å². The van der Waals surface area contributed by atoms with E-state index in [0.717, 1.165) is 50.1 Å². The normalized spacial score (nSPS) is 11.8. The van der Waals surface area contributed by atoms with Crippen LogP contribution in [0.2, 0.25) is 0 Å². The van der Waals surface area contributed by atoms with E-state index in [9.17, 15) is 0 Å². The summed E-state index contributed by atoms with van der Waals surface area (Å²) in [6, 6.07) is 63.5. The fourth-order valence-electron chi connectivity index (χ4n) is 7.87. The highest BCUT2D eigenvalue weighted by atomic mass is 32.1. The van der Waals surface area contributed by atoms with Gasteiger partial charge in [0.1, 0.15) is 5.58 Å². The van der Waals surface area contributed by atoms with Crippen LogP contribution in [-0.2, 0) is 0 Å². The zero-order valence-corrected chi connectivity index (χ0v) is 29.5. The molecule has 0 radical (unpaired) electrons. The van der Waals surface area contributed by atoms with Crippen LogP contribution >= 0.6 is 22.7 Å². The third kappa shape index (κ3) is 4.55. The molecule has 52 heavy (non-hydrogen) atoms. The molecular weight excluding hydrogens is 671 g/mol. The van der Waals surface area contributed by atoms with Gasteiger partial charge in [0.2, 0.25) is 0 Å². The molecule has 11 rings (SSSR count). The van der Waals surface area contributed by atoms with Gasteiger partial charge in [-0.3, -0.25) is 0 Å². The van der Waals surface area contributed by atoms with Crippen molar-refractivity contribution >= 4 is 102 Å². The Morgan fingerprint density at radius 2 is 0.942 bits per heavy atom. The van der Waals surface area contributed by atoms with E-state index in [1.165, 1.54) is 51.5 Å². The molecule has 0 spiro atoms. The number of rotatable bonds is 5. The standard InChI is InChI=1S/C48H29NOS2/c1-2-11-30(12-3-1)34-15-8-17-39-40-18-10-20-42(47(40)50-46(34)39)49(33-27-28-38-36-13-4-6-21-43(36)51-45(38)29-33)32-25-23-31(24-26-32)35-16-9-19-41-37-14-5-7-22-44(37)52-48(35)41/h1-29H. The minimum atomic E-state index is 0.872. The number of hydrogen-bond donors (Lipinski definition) is 0. The summed E-state index contributed by atoms with van der Waals surface area (Å²) in [5.74, 6) is 0. The molecule has 0 N–H and O–H groups in total. The van der Waals surface area contributed by atoms with E-state index < -0.39 is 0 Å². The van der Waals surface area contributed by atoms with Crippen molar-refractivity contribution in [2.75, 3.05) is 4.90 Å². The van der Waals surface area contributed by atoms with Crippen molar-refractivity contribution in [3.8, 4) is 22.3 Å². The van der Waals surface area contributed by atoms with Gasteiger partial charge in [0.05, 0.1) is 5.69 Å². The first-order valence-electron chi connectivity index (χ1n) is 17.5. The van der Waals surface area contributed by atoms with Gasteiger partial charge < -0.3 is 9.32 Å². The molecule has 0 fully saturated rings. The summed E-state index contributed by atoms with van der Waals surface area (Å²) in [7, 11) is 0. The van der Waals surface area contributed by atoms with E-state index in [1.54, 1.807) is 0 Å². The van der Waals surface area contributed by atoms with Crippen molar-refractivity contribution in [2.45, 2.75) is 0 Å². The summed E-state index contributed by atoms with van der Waals surface area (Å²) >= 11 is 3.72. The van der Waals surface area contributed by atoms with Crippen LogP contribution in [0.4, 0.5) is 17.1 Å². The fourth-order valence-corrected chi connectivity index (χ4v) is 10.2. The molecule has 3 heterocycles. The number of para-hydroxylation sites is 2. The molecule has 0 unspecified atom stereocenters. The first kappa shape index (κ1) is 29.5. The Kier molecular flexibility index (Phi) is 6.63. The lowest BCUT2D eigenvalue weighted by Crippen LogP contribution is -2.10. The lowest BCUT2D eigenvalue weighted by Gasteiger charge is -2.26. The predicted molar refractivity (Wildman–Crippen MR) is 225 cm³/mol. The highest BCUT2D eigenvalue weighted by molar-refractivity contribution is 7.26. The first-order valence-corrected chi connectivity index (χ1v) is 19.1. The van der Waals surface area contributed by atoms with E-state index in [4.69, 9.17) is 4.42 Å². The summed E-state index contributed by atoms with van der Waals surface area (Å²) in [5.41, 5.74) is 9.65. The lowest BCUT2D eigenvalue weighted by atomic mass is 10.0. The number of anilines is 3. The van der Waals surface area contributed by atoms with Gasteiger partial charge in [-0.05, 0) is 59.2 Å². The topological polar surface area (TPSA) is 16.4 Å². The molecule has 3 aromatic heterocycles. The molecule has 0 amide bonds. The number of furan rings is 1. The molecule has 0 bridgehead atoms. The van der Waals surface area contributed by atoms with Gasteiger partial charge in [-0.2, -0.15) is 0 Å². The Balaban J connectivity index is 1.12. The SMILES string of the molecule is c1ccc(-c2cccc3c2oc2c(N(c4ccc(-c5cccc6c5sc5ccccc56)cc4)c4ccc5c(c4)sc4ccccc45)cccc23)cc1. The molecule has 0 aliphatic carbocycles. The lowest BCUT2D eigenvalue weighted by molar-refractivity contribution is 0.670. The maximum atomic E-state index is 6.96. The van der Waals surface area contributed by atoms with E-state index in [0.29, 0.717) is 0 Å². The summed E-state index contributed by atoms with van der Waals surface area (Å²) in [5, 5.41) is 7.43. The number of hydrogen-bond acceptors (Lipinski definition) is 4. The van der Waals surface area contributed by atoms with Gasteiger partial charge in [0, 0.05) is 68.1 Å². The van der Waals surface area contributed by atoms with Gasteiger partial charge in [0.25, 0.3) is 0 Å². The van der Waals surface area contributed by atoms with Crippen LogP contribution in [-0.4, -0.2) is 0 Å². The third-order valence-electron chi connectivity index (χ3n) is 10.3. The molecule has 0 aliphatic heterocycles. The average Bonchev–Trinajstić information content (AvgIpc) is 3.90. The predicted octanol–water partition coefficient (Wildman–Crippen LogP) is 15.1. The summed E-state index contributed by atoms with van der Waals surface area (Å²) in [6.45, 7) is 0. The zero-order valence-electron chi connectivity index (χ0n) is 27.9. The Bertz CT molecular complexity index is 3130. The molecule has 0 atom stereocenters. The molecular formula is C48H29NOS2. The largest absolute Gasteiger partial charge is 0.453 e. The van der Waals surface area contributed by atoms with Crippen LogP contribution in [0.1, 0.15) is 0 Å². The van der Waals surface area contributed by atoms with E-state index in [2.05, 4.69) is 181 Å². The number of fused-ring (bicyclic) bond motifs is 9. The van der Waals surface area contributed by atoms with Gasteiger partial charge in [-0.25, -0.2) is 0 Å². The van der Waals surface area contributed by atoms with E-state index in [-0.39, 0.29) is 0 Å². The third-order valence-corrected chi connectivity index (χ3v) is 12.6.